The van der Waals surface area contributed by atoms with Gasteiger partial charge in [0.05, 0.1) is 6.42 Å². The van der Waals surface area contributed by atoms with E-state index < -0.39 is 0 Å². The average Bonchev–Trinajstić information content (AvgIpc) is 3.49. The van der Waals surface area contributed by atoms with Crippen molar-refractivity contribution in [1.29, 1.82) is 0 Å². The number of thiazole rings is 1. The summed E-state index contributed by atoms with van der Waals surface area (Å²) in [5.74, 6) is 1.85. The van der Waals surface area contributed by atoms with E-state index in [1.54, 1.807) is 11.3 Å². The molecule has 0 amide bonds. The van der Waals surface area contributed by atoms with Gasteiger partial charge in [0, 0.05) is 29.1 Å². The molecule has 1 aliphatic carbocycles. The Bertz CT molecular complexity index is 1150. The number of hydrogen-bond donors (Lipinski definition) is 1. The largest absolute Gasteiger partial charge is 0.339 e. The lowest BCUT2D eigenvalue weighted by Gasteiger charge is -2.21. The van der Waals surface area contributed by atoms with E-state index >= 15 is 0 Å². The fourth-order valence-corrected chi connectivity index (χ4v) is 5.34. The molecule has 1 aliphatic rings. The zero-order chi connectivity index (χ0) is 20.5. The Hall–Kier alpha value is -2.57. The first kappa shape index (κ1) is 19.4. The van der Waals surface area contributed by atoms with Gasteiger partial charge in [-0.05, 0) is 49.4 Å². The number of fused-ring (bicyclic) bond motifs is 1. The van der Waals surface area contributed by atoms with Gasteiger partial charge in [0.25, 0.3) is 0 Å². The van der Waals surface area contributed by atoms with Crippen molar-refractivity contribution in [2.75, 3.05) is 0 Å². The summed E-state index contributed by atoms with van der Waals surface area (Å²) >= 11 is 1.69. The Balaban J connectivity index is 1.23. The molecule has 1 saturated carbocycles. The number of benzene rings is 2. The molecular weight excluding hydrogens is 392 g/mol. The first-order valence-electron chi connectivity index (χ1n) is 10.6. The molecule has 154 valence electrons. The first-order chi connectivity index (χ1) is 14.7. The van der Waals surface area contributed by atoms with Gasteiger partial charge in [0.15, 0.2) is 5.82 Å². The number of hydrogen-bond acceptors (Lipinski definition) is 6. The third-order valence-corrected chi connectivity index (χ3v) is 6.93. The van der Waals surface area contributed by atoms with Crippen LogP contribution in [-0.2, 0) is 6.42 Å². The third-order valence-electron chi connectivity index (χ3n) is 6.02. The maximum atomic E-state index is 5.61. The molecule has 4 aromatic rings. The van der Waals surface area contributed by atoms with Crippen molar-refractivity contribution in [2.24, 2.45) is 0 Å². The molecule has 0 radical (unpaired) electrons. The summed E-state index contributed by atoms with van der Waals surface area (Å²) < 4.78 is 5.61. The molecule has 0 saturated heterocycles. The van der Waals surface area contributed by atoms with E-state index in [1.807, 2.05) is 6.20 Å². The summed E-state index contributed by atoms with van der Waals surface area (Å²) in [4.78, 5) is 10.3. The van der Waals surface area contributed by atoms with Gasteiger partial charge in [-0.25, -0.2) is 4.98 Å². The van der Waals surface area contributed by atoms with Crippen molar-refractivity contribution in [3.05, 3.63) is 75.8 Å². The quantitative estimate of drug-likeness (QED) is 0.444. The van der Waals surface area contributed by atoms with Crippen LogP contribution < -0.4 is 5.32 Å². The van der Waals surface area contributed by atoms with Crippen LogP contribution >= 0.6 is 11.3 Å². The van der Waals surface area contributed by atoms with Gasteiger partial charge in [0.2, 0.25) is 5.89 Å². The molecule has 5 rings (SSSR count). The van der Waals surface area contributed by atoms with Crippen molar-refractivity contribution in [1.82, 2.24) is 20.4 Å². The molecular formula is C24H26N4OS. The van der Waals surface area contributed by atoms with Gasteiger partial charge in [-0.2, -0.15) is 4.98 Å². The normalized spacial score (nSPS) is 20.1. The molecule has 1 fully saturated rings. The van der Waals surface area contributed by atoms with Crippen LogP contribution in [0.4, 0.5) is 0 Å². The fraction of sp³-hybridized carbons (Fsp3) is 0.375. The summed E-state index contributed by atoms with van der Waals surface area (Å²) in [7, 11) is 0. The highest BCUT2D eigenvalue weighted by atomic mass is 32.1. The molecule has 6 heteroatoms. The van der Waals surface area contributed by atoms with E-state index in [0.717, 1.165) is 36.0 Å². The number of aromatic nitrogens is 3. The predicted molar refractivity (Wildman–Crippen MR) is 120 cm³/mol. The zero-order valence-corrected chi connectivity index (χ0v) is 18.2. The number of nitrogens with one attached hydrogen (secondary N) is 1. The standard InChI is InChI=1S/C24H26N4OS/c1-15-14-25-23(30-15)13-22-27-24(29-28-22)18-10-11-19(12-18)26-16(2)20-9-5-7-17-6-3-4-8-21(17)20/h3-9,14,16,18-19,26H,10-13H2,1-2H3/t16-,18?,19?/m1/s1. The highest BCUT2D eigenvalue weighted by Crippen LogP contribution is 2.35. The molecule has 2 aromatic heterocycles. The maximum absolute atomic E-state index is 5.61. The van der Waals surface area contributed by atoms with Gasteiger partial charge in [-0.1, -0.05) is 47.6 Å². The Morgan fingerprint density at radius 1 is 1.17 bits per heavy atom. The Morgan fingerprint density at radius 3 is 2.90 bits per heavy atom. The van der Waals surface area contributed by atoms with Crippen molar-refractivity contribution >= 4 is 22.1 Å². The van der Waals surface area contributed by atoms with Crippen molar-refractivity contribution in [3.63, 3.8) is 0 Å². The molecule has 1 N–H and O–H groups in total. The lowest BCUT2D eigenvalue weighted by atomic mass is 9.99. The minimum atomic E-state index is 0.297. The summed E-state index contributed by atoms with van der Waals surface area (Å²) in [6.07, 6.45) is 5.79. The van der Waals surface area contributed by atoms with Crippen molar-refractivity contribution in [2.45, 2.75) is 57.5 Å². The van der Waals surface area contributed by atoms with Crippen LogP contribution in [0.25, 0.3) is 10.8 Å². The van der Waals surface area contributed by atoms with Gasteiger partial charge in [-0.15, -0.1) is 11.3 Å². The van der Waals surface area contributed by atoms with Crippen LogP contribution in [0.3, 0.4) is 0 Å². The minimum absolute atomic E-state index is 0.297. The smallest absolute Gasteiger partial charge is 0.229 e. The highest BCUT2D eigenvalue weighted by Gasteiger charge is 2.31. The number of rotatable bonds is 6. The second kappa shape index (κ2) is 8.28. The summed E-state index contributed by atoms with van der Waals surface area (Å²) in [5.41, 5.74) is 1.36. The monoisotopic (exact) mass is 418 g/mol. The van der Waals surface area contributed by atoms with E-state index in [0.29, 0.717) is 24.4 Å². The molecule has 5 nitrogen and oxygen atoms in total. The van der Waals surface area contributed by atoms with Gasteiger partial charge < -0.3 is 9.84 Å². The molecule has 0 aliphatic heterocycles. The molecule has 2 unspecified atom stereocenters. The summed E-state index contributed by atoms with van der Waals surface area (Å²) in [6, 6.07) is 15.9. The van der Waals surface area contributed by atoms with Crippen molar-refractivity contribution < 1.29 is 4.52 Å². The second-order valence-electron chi connectivity index (χ2n) is 8.25. The lowest BCUT2D eigenvalue weighted by Crippen LogP contribution is -2.29. The molecule has 2 heterocycles. The predicted octanol–water partition coefficient (Wildman–Crippen LogP) is 5.57. The summed E-state index contributed by atoms with van der Waals surface area (Å²) in [5, 5.41) is 11.7. The SMILES string of the molecule is Cc1cnc(Cc2noc(C3CCC(N[C@H](C)c4cccc5ccccc45)C3)n2)s1. The average molecular weight is 419 g/mol. The Kier molecular flexibility index (Phi) is 5.35. The van der Waals surface area contributed by atoms with Crippen LogP contribution in [0, 0.1) is 6.92 Å². The highest BCUT2D eigenvalue weighted by molar-refractivity contribution is 7.11. The molecule has 0 bridgehead atoms. The van der Waals surface area contributed by atoms with E-state index in [2.05, 4.69) is 76.8 Å². The van der Waals surface area contributed by atoms with Crippen LogP contribution in [0.15, 0.2) is 53.2 Å². The topological polar surface area (TPSA) is 63.8 Å². The second-order valence-corrected chi connectivity index (χ2v) is 9.57. The fourth-order valence-electron chi connectivity index (χ4n) is 4.55. The first-order valence-corrected chi connectivity index (χ1v) is 11.4. The Morgan fingerprint density at radius 2 is 2.03 bits per heavy atom. The maximum Gasteiger partial charge on any atom is 0.229 e. The third kappa shape index (κ3) is 4.02. The van der Waals surface area contributed by atoms with Crippen molar-refractivity contribution in [3.8, 4) is 0 Å². The molecule has 30 heavy (non-hydrogen) atoms. The lowest BCUT2D eigenvalue weighted by molar-refractivity contribution is 0.347. The number of aryl methyl sites for hydroxylation is 1. The van der Waals surface area contributed by atoms with Gasteiger partial charge in [0.1, 0.15) is 5.01 Å². The zero-order valence-electron chi connectivity index (χ0n) is 17.3. The van der Waals surface area contributed by atoms with Gasteiger partial charge in [-0.3, -0.25) is 0 Å². The van der Waals surface area contributed by atoms with Crippen LogP contribution in [0.1, 0.15) is 65.3 Å². The van der Waals surface area contributed by atoms with Crippen LogP contribution in [0.2, 0.25) is 0 Å². The van der Waals surface area contributed by atoms with Crippen LogP contribution in [0.5, 0.6) is 0 Å². The molecule has 3 atom stereocenters. The van der Waals surface area contributed by atoms with Crippen LogP contribution in [-0.4, -0.2) is 21.2 Å². The molecule has 0 spiro atoms. The van der Waals surface area contributed by atoms with E-state index in [9.17, 15) is 0 Å². The van der Waals surface area contributed by atoms with Gasteiger partial charge >= 0.3 is 0 Å². The summed E-state index contributed by atoms with van der Waals surface area (Å²) in [6.45, 7) is 4.32. The van der Waals surface area contributed by atoms with E-state index in [-0.39, 0.29) is 0 Å². The Labute approximate surface area is 180 Å². The van der Waals surface area contributed by atoms with E-state index in [1.165, 1.54) is 21.2 Å². The molecule has 2 aromatic carbocycles. The van der Waals surface area contributed by atoms with E-state index in [4.69, 9.17) is 4.52 Å². The minimum Gasteiger partial charge on any atom is -0.339 e. The number of nitrogens with zero attached hydrogens (tertiary/aromatic N) is 3.